The molecule has 1 heterocycles. The minimum atomic E-state index is -0.178. The van der Waals surface area contributed by atoms with Crippen molar-refractivity contribution in [2.45, 2.75) is 17.9 Å². The maximum Gasteiger partial charge on any atom is 0.163 e. The van der Waals surface area contributed by atoms with Gasteiger partial charge in [-0.15, -0.1) is 11.8 Å². The minimum Gasteiger partial charge on any atom is -0.507 e. The van der Waals surface area contributed by atoms with Crippen LogP contribution in [0.5, 0.6) is 5.75 Å². The Kier molecular flexibility index (Phi) is 3.97. The van der Waals surface area contributed by atoms with Gasteiger partial charge < -0.3 is 9.84 Å². The molecule has 0 amide bonds. The van der Waals surface area contributed by atoms with Gasteiger partial charge in [0.25, 0.3) is 0 Å². The number of phenols is 1. The first-order valence-electron chi connectivity index (χ1n) is 5.29. The van der Waals surface area contributed by atoms with Crippen molar-refractivity contribution < 1.29 is 14.6 Å². The van der Waals surface area contributed by atoms with E-state index in [-0.39, 0.29) is 17.1 Å². The lowest BCUT2D eigenvalue weighted by Crippen LogP contribution is -2.30. The van der Waals surface area contributed by atoms with E-state index in [0.29, 0.717) is 21.6 Å². The van der Waals surface area contributed by atoms with Gasteiger partial charge in [0, 0.05) is 16.3 Å². The molecular weight excluding hydrogens is 260 g/mol. The van der Waals surface area contributed by atoms with E-state index in [9.17, 15) is 9.90 Å². The smallest absolute Gasteiger partial charge is 0.163 e. The van der Waals surface area contributed by atoms with Crippen molar-refractivity contribution in [3.8, 4) is 5.75 Å². The first kappa shape index (κ1) is 12.7. The van der Waals surface area contributed by atoms with Gasteiger partial charge in [-0.2, -0.15) is 0 Å². The molecule has 0 radical (unpaired) electrons. The van der Waals surface area contributed by atoms with E-state index in [2.05, 4.69) is 0 Å². The molecule has 92 valence electrons. The summed E-state index contributed by atoms with van der Waals surface area (Å²) in [6, 6.07) is 3.20. The highest BCUT2D eigenvalue weighted by Gasteiger charge is 2.20. The fourth-order valence-electron chi connectivity index (χ4n) is 1.55. The fraction of sp³-hybridized carbons (Fsp3) is 0.417. The van der Waals surface area contributed by atoms with Crippen LogP contribution in [-0.2, 0) is 10.5 Å². The van der Waals surface area contributed by atoms with Gasteiger partial charge in [-0.1, -0.05) is 11.6 Å². The number of rotatable bonds is 4. The molecule has 0 spiro atoms. The fourth-order valence-corrected chi connectivity index (χ4v) is 2.81. The van der Waals surface area contributed by atoms with Crippen LogP contribution in [0.1, 0.15) is 22.8 Å². The lowest BCUT2D eigenvalue weighted by Gasteiger charge is -2.25. The standard InChI is InChI=1S/C12H13ClO3S/c1-7(14)11-3-9(13)2-8(12(11)15)6-17-10-4-16-5-10/h2-3,10,15H,4-6H2,1H3. The van der Waals surface area contributed by atoms with Crippen LogP contribution < -0.4 is 0 Å². The summed E-state index contributed by atoms with van der Waals surface area (Å²) in [7, 11) is 0. The van der Waals surface area contributed by atoms with Crippen molar-refractivity contribution in [2.24, 2.45) is 0 Å². The van der Waals surface area contributed by atoms with E-state index in [4.69, 9.17) is 16.3 Å². The third-order valence-electron chi connectivity index (χ3n) is 2.61. The van der Waals surface area contributed by atoms with Crippen LogP contribution in [0.15, 0.2) is 12.1 Å². The van der Waals surface area contributed by atoms with Gasteiger partial charge in [0.15, 0.2) is 5.78 Å². The van der Waals surface area contributed by atoms with Crippen LogP contribution in [0.4, 0.5) is 0 Å². The zero-order chi connectivity index (χ0) is 12.4. The number of phenolic OH excluding ortho intramolecular Hbond substituents is 1. The summed E-state index contributed by atoms with van der Waals surface area (Å²) in [5, 5.41) is 10.9. The van der Waals surface area contributed by atoms with Gasteiger partial charge in [-0.25, -0.2) is 0 Å². The summed E-state index contributed by atoms with van der Waals surface area (Å²) in [6.45, 7) is 2.93. The molecule has 0 atom stereocenters. The van der Waals surface area contributed by atoms with E-state index < -0.39 is 0 Å². The molecule has 1 aliphatic rings. The maximum absolute atomic E-state index is 11.3. The second-order valence-electron chi connectivity index (χ2n) is 3.99. The van der Waals surface area contributed by atoms with E-state index in [1.807, 2.05) is 0 Å². The Hall–Kier alpha value is -0.710. The molecule has 0 unspecified atom stereocenters. The van der Waals surface area contributed by atoms with E-state index in [1.165, 1.54) is 13.0 Å². The molecule has 5 heteroatoms. The molecular formula is C12H13ClO3S. The van der Waals surface area contributed by atoms with Crippen LogP contribution in [0.25, 0.3) is 0 Å². The SMILES string of the molecule is CC(=O)c1cc(Cl)cc(CSC2COC2)c1O. The number of carbonyl (C=O) groups excluding carboxylic acids is 1. The van der Waals surface area contributed by atoms with Crippen LogP contribution >= 0.6 is 23.4 Å². The van der Waals surface area contributed by atoms with E-state index in [1.54, 1.807) is 17.8 Å². The zero-order valence-electron chi connectivity index (χ0n) is 9.40. The van der Waals surface area contributed by atoms with E-state index >= 15 is 0 Å². The Bertz CT molecular complexity index is 444. The van der Waals surface area contributed by atoms with Crippen molar-refractivity contribution in [2.75, 3.05) is 13.2 Å². The molecule has 1 N–H and O–H groups in total. The molecule has 1 aromatic carbocycles. The number of Topliss-reactive ketones (excluding diaryl/α,β-unsaturated/α-hetero) is 1. The second kappa shape index (κ2) is 5.29. The van der Waals surface area contributed by atoms with Crippen molar-refractivity contribution in [1.82, 2.24) is 0 Å². The highest BCUT2D eigenvalue weighted by atomic mass is 35.5. The summed E-state index contributed by atoms with van der Waals surface area (Å²) in [5.41, 5.74) is 0.998. The third kappa shape index (κ3) is 2.94. The van der Waals surface area contributed by atoms with Gasteiger partial charge in [0.2, 0.25) is 0 Å². The minimum absolute atomic E-state index is 0.0506. The number of benzene rings is 1. The Balaban J connectivity index is 2.16. The van der Waals surface area contributed by atoms with Crippen LogP contribution in [0.3, 0.4) is 0 Å². The number of carbonyl (C=O) groups is 1. The first-order chi connectivity index (χ1) is 8.08. The highest BCUT2D eigenvalue weighted by Crippen LogP contribution is 2.32. The van der Waals surface area contributed by atoms with Crippen LogP contribution in [0, 0.1) is 0 Å². The summed E-state index contributed by atoms with van der Waals surface area (Å²) in [5.74, 6) is 0.513. The first-order valence-corrected chi connectivity index (χ1v) is 6.72. The maximum atomic E-state index is 11.3. The topological polar surface area (TPSA) is 46.5 Å². The van der Waals surface area contributed by atoms with Gasteiger partial charge in [-0.3, -0.25) is 4.79 Å². The molecule has 0 bridgehead atoms. The number of hydrogen-bond acceptors (Lipinski definition) is 4. The summed E-state index contributed by atoms with van der Waals surface area (Å²) in [4.78, 5) is 11.3. The number of ether oxygens (including phenoxy) is 1. The molecule has 0 aromatic heterocycles. The summed E-state index contributed by atoms with van der Waals surface area (Å²) >= 11 is 7.64. The molecule has 0 aliphatic carbocycles. The van der Waals surface area contributed by atoms with Crippen molar-refractivity contribution in [3.63, 3.8) is 0 Å². The Morgan fingerprint density at radius 1 is 1.59 bits per heavy atom. The van der Waals surface area contributed by atoms with Gasteiger partial charge in [0.1, 0.15) is 5.75 Å². The Labute approximate surface area is 109 Å². The number of thioether (sulfide) groups is 1. The Morgan fingerprint density at radius 3 is 2.82 bits per heavy atom. The number of ketones is 1. The average Bonchev–Trinajstić information content (AvgIpc) is 2.19. The molecule has 1 fully saturated rings. The summed E-state index contributed by atoms with van der Waals surface area (Å²) in [6.07, 6.45) is 0. The average molecular weight is 273 g/mol. The van der Waals surface area contributed by atoms with Crippen molar-refractivity contribution >= 4 is 29.1 Å². The second-order valence-corrected chi connectivity index (χ2v) is 5.71. The van der Waals surface area contributed by atoms with E-state index in [0.717, 1.165) is 13.2 Å². The molecule has 3 nitrogen and oxygen atoms in total. The molecule has 1 saturated heterocycles. The number of aromatic hydroxyl groups is 1. The van der Waals surface area contributed by atoms with Crippen molar-refractivity contribution in [1.29, 1.82) is 0 Å². The predicted octanol–water partition coefficient (Wildman–Crippen LogP) is 2.88. The van der Waals surface area contributed by atoms with Crippen molar-refractivity contribution in [3.05, 3.63) is 28.3 Å². The largest absolute Gasteiger partial charge is 0.507 e. The molecule has 17 heavy (non-hydrogen) atoms. The third-order valence-corrected chi connectivity index (χ3v) is 4.05. The number of halogens is 1. The monoisotopic (exact) mass is 272 g/mol. The number of hydrogen-bond donors (Lipinski definition) is 1. The quantitative estimate of drug-likeness (QED) is 0.856. The van der Waals surface area contributed by atoms with Gasteiger partial charge >= 0.3 is 0 Å². The highest BCUT2D eigenvalue weighted by molar-refractivity contribution is 7.99. The molecule has 2 rings (SSSR count). The predicted molar refractivity (Wildman–Crippen MR) is 69.0 cm³/mol. The molecule has 1 aliphatic heterocycles. The lowest BCUT2D eigenvalue weighted by molar-refractivity contribution is 0.0455. The molecule has 1 aromatic rings. The van der Waals surface area contributed by atoms with Gasteiger partial charge in [0.05, 0.1) is 24.0 Å². The Morgan fingerprint density at radius 2 is 2.29 bits per heavy atom. The van der Waals surface area contributed by atoms with Crippen LogP contribution in [-0.4, -0.2) is 29.4 Å². The van der Waals surface area contributed by atoms with Gasteiger partial charge in [-0.05, 0) is 19.1 Å². The summed E-state index contributed by atoms with van der Waals surface area (Å²) < 4.78 is 5.08. The lowest BCUT2D eigenvalue weighted by atomic mass is 10.1. The molecule has 0 saturated carbocycles. The van der Waals surface area contributed by atoms with Crippen LogP contribution in [0.2, 0.25) is 5.02 Å². The normalized spacial score (nSPS) is 15.6. The zero-order valence-corrected chi connectivity index (χ0v) is 11.0.